The Hall–Kier alpha value is -2.93. The fourth-order valence-electron chi connectivity index (χ4n) is 2.61. The average Bonchev–Trinajstić information content (AvgIpc) is 2.95. The fourth-order valence-corrected chi connectivity index (χ4v) is 3.68. The molecule has 0 bridgehead atoms. The number of hydrogen-bond donors (Lipinski definition) is 2. The number of amides is 1. The number of ether oxygens (including phenoxy) is 1. The molecule has 2 N–H and O–H groups in total. The van der Waals surface area contributed by atoms with Crippen molar-refractivity contribution in [1.29, 1.82) is 0 Å². The Morgan fingerprint density at radius 3 is 2.30 bits per heavy atom. The van der Waals surface area contributed by atoms with Crippen LogP contribution in [0.4, 0.5) is 5.00 Å². The van der Waals surface area contributed by atoms with Gasteiger partial charge in [-0.25, -0.2) is 9.59 Å². The lowest BCUT2D eigenvalue weighted by molar-refractivity contribution is -0.131. The standard InChI is InChI=1S/C20H21NO5S/c1-11(2)13-5-7-14(8-6-13)17-12(3)27-19(18(17)20(25)26-4)21-15(22)9-10-16(23)24/h5-11H,1-4H3,(H,21,22)(H,23,24)/b10-9+. The Balaban J connectivity index is 2.49. The summed E-state index contributed by atoms with van der Waals surface area (Å²) in [7, 11) is 1.27. The molecule has 27 heavy (non-hydrogen) atoms. The first-order valence-corrected chi connectivity index (χ1v) is 9.10. The van der Waals surface area contributed by atoms with Gasteiger partial charge in [0.1, 0.15) is 10.6 Å². The van der Waals surface area contributed by atoms with E-state index in [1.54, 1.807) is 0 Å². The maximum Gasteiger partial charge on any atom is 0.341 e. The number of thiophene rings is 1. The Bertz CT molecular complexity index is 894. The van der Waals surface area contributed by atoms with Gasteiger partial charge in [-0.15, -0.1) is 11.3 Å². The van der Waals surface area contributed by atoms with E-state index in [0.29, 0.717) is 16.5 Å². The number of methoxy groups -OCH3 is 1. The molecular weight excluding hydrogens is 366 g/mol. The normalized spacial score (nSPS) is 11.0. The minimum Gasteiger partial charge on any atom is -0.478 e. The zero-order valence-electron chi connectivity index (χ0n) is 15.5. The highest BCUT2D eigenvalue weighted by Crippen LogP contribution is 2.40. The molecule has 0 atom stereocenters. The van der Waals surface area contributed by atoms with Gasteiger partial charge in [0.15, 0.2) is 0 Å². The van der Waals surface area contributed by atoms with Crippen molar-refractivity contribution in [2.24, 2.45) is 0 Å². The highest BCUT2D eigenvalue weighted by atomic mass is 32.1. The molecule has 0 fully saturated rings. The number of aryl methyl sites for hydroxylation is 1. The lowest BCUT2D eigenvalue weighted by Gasteiger charge is -2.09. The van der Waals surface area contributed by atoms with Crippen LogP contribution in [0.2, 0.25) is 0 Å². The molecule has 0 aliphatic heterocycles. The number of carbonyl (C=O) groups is 3. The molecule has 1 amide bonds. The van der Waals surface area contributed by atoms with Gasteiger partial charge in [-0.05, 0) is 24.0 Å². The summed E-state index contributed by atoms with van der Waals surface area (Å²) >= 11 is 1.24. The molecule has 0 spiro atoms. The molecule has 2 rings (SSSR count). The average molecular weight is 387 g/mol. The molecule has 0 saturated heterocycles. The number of hydrogen-bond acceptors (Lipinski definition) is 5. The second-order valence-electron chi connectivity index (χ2n) is 6.17. The maximum absolute atomic E-state index is 12.4. The van der Waals surface area contributed by atoms with Crippen LogP contribution in [0.3, 0.4) is 0 Å². The number of esters is 1. The van der Waals surface area contributed by atoms with Crippen LogP contribution in [0.1, 0.15) is 40.6 Å². The second kappa shape index (κ2) is 8.64. The van der Waals surface area contributed by atoms with E-state index in [0.717, 1.165) is 22.6 Å². The lowest BCUT2D eigenvalue weighted by atomic mass is 9.97. The number of rotatable bonds is 6. The first kappa shape index (κ1) is 20.4. The topological polar surface area (TPSA) is 92.7 Å². The Morgan fingerprint density at radius 2 is 1.78 bits per heavy atom. The van der Waals surface area contributed by atoms with Gasteiger partial charge in [-0.1, -0.05) is 38.1 Å². The number of aliphatic carboxylic acids is 1. The molecular formula is C20H21NO5S. The predicted octanol–water partition coefficient (Wildman–Crippen LogP) is 4.21. The van der Waals surface area contributed by atoms with E-state index in [4.69, 9.17) is 9.84 Å². The van der Waals surface area contributed by atoms with Gasteiger partial charge in [0.05, 0.1) is 7.11 Å². The van der Waals surface area contributed by atoms with Gasteiger partial charge < -0.3 is 15.2 Å². The number of benzene rings is 1. The van der Waals surface area contributed by atoms with Crippen molar-refractivity contribution in [3.8, 4) is 11.1 Å². The van der Waals surface area contributed by atoms with Gasteiger partial charge in [-0.3, -0.25) is 4.79 Å². The maximum atomic E-state index is 12.4. The lowest BCUT2D eigenvalue weighted by Crippen LogP contribution is -2.12. The van der Waals surface area contributed by atoms with Crippen molar-refractivity contribution >= 4 is 34.2 Å². The van der Waals surface area contributed by atoms with Crippen LogP contribution in [0.15, 0.2) is 36.4 Å². The first-order chi connectivity index (χ1) is 12.7. The molecule has 0 radical (unpaired) electrons. The van der Waals surface area contributed by atoms with Crippen molar-refractivity contribution in [1.82, 2.24) is 0 Å². The fraction of sp³-hybridized carbons (Fsp3) is 0.250. The molecule has 0 unspecified atom stereocenters. The third kappa shape index (κ3) is 4.83. The molecule has 2 aromatic rings. The van der Waals surface area contributed by atoms with Gasteiger partial charge in [0.25, 0.3) is 0 Å². The third-order valence-electron chi connectivity index (χ3n) is 3.95. The van der Waals surface area contributed by atoms with Crippen molar-refractivity contribution in [2.45, 2.75) is 26.7 Å². The number of carboxylic acids is 1. The number of carboxylic acid groups (broad SMARTS) is 1. The Labute approximate surface area is 161 Å². The summed E-state index contributed by atoms with van der Waals surface area (Å²) in [5, 5.41) is 11.5. The molecule has 6 nitrogen and oxygen atoms in total. The van der Waals surface area contributed by atoms with Crippen LogP contribution in [-0.2, 0) is 14.3 Å². The second-order valence-corrected chi connectivity index (χ2v) is 7.39. The summed E-state index contributed by atoms with van der Waals surface area (Å²) < 4.78 is 4.90. The van der Waals surface area contributed by atoms with Crippen LogP contribution in [0.5, 0.6) is 0 Å². The van der Waals surface area contributed by atoms with Crippen molar-refractivity contribution in [2.75, 3.05) is 12.4 Å². The van der Waals surface area contributed by atoms with E-state index >= 15 is 0 Å². The van der Waals surface area contributed by atoms with Crippen LogP contribution >= 0.6 is 11.3 Å². The van der Waals surface area contributed by atoms with Crippen molar-refractivity contribution < 1.29 is 24.2 Å². The monoisotopic (exact) mass is 387 g/mol. The summed E-state index contributed by atoms with van der Waals surface area (Å²) in [5.41, 5.74) is 2.97. The van der Waals surface area contributed by atoms with Crippen molar-refractivity contribution in [3.05, 3.63) is 52.4 Å². The van der Waals surface area contributed by atoms with E-state index in [1.807, 2.05) is 31.2 Å². The van der Waals surface area contributed by atoms with Gasteiger partial charge in [0, 0.05) is 22.6 Å². The molecule has 1 aromatic carbocycles. The molecule has 142 valence electrons. The zero-order chi connectivity index (χ0) is 20.1. The summed E-state index contributed by atoms with van der Waals surface area (Å²) in [6.07, 6.45) is 1.63. The van der Waals surface area contributed by atoms with E-state index in [1.165, 1.54) is 24.0 Å². The van der Waals surface area contributed by atoms with Crippen LogP contribution in [0, 0.1) is 6.92 Å². The smallest absolute Gasteiger partial charge is 0.341 e. The SMILES string of the molecule is COC(=O)c1c(NC(=O)/C=C/C(=O)O)sc(C)c1-c1ccc(C(C)C)cc1. The van der Waals surface area contributed by atoms with E-state index in [9.17, 15) is 14.4 Å². The molecule has 0 saturated carbocycles. The van der Waals surface area contributed by atoms with Crippen LogP contribution < -0.4 is 5.32 Å². The predicted molar refractivity (Wildman–Crippen MR) is 105 cm³/mol. The Morgan fingerprint density at radius 1 is 1.15 bits per heavy atom. The van der Waals surface area contributed by atoms with E-state index in [2.05, 4.69) is 19.2 Å². The summed E-state index contributed by atoms with van der Waals surface area (Å²) in [5.74, 6) is -2.05. The number of carbonyl (C=O) groups excluding carboxylic acids is 2. The highest BCUT2D eigenvalue weighted by molar-refractivity contribution is 7.17. The minimum atomic E-state index is -1.23. The largest absolute Gasteiger partial charge is 0.478 e. The first-order valence-electron chi connectivity index (χ1n) is 8.28. The molecule has 1 aromatic heterocycles. The summed E-state index contributed by atoms with van der Waals surface area (Å²) in [4.78, 5) is 35.7. The zero-order valence-corrected chi connectivity index (χ0v) is 16.3. The van der Waals surface area contributed by atoms with E-state index < -0.39 is 17.8 Å². The minimum absolute atomic E-state index is 0.259. The summed E-state index contributed by atoms with van der Waals surface area (Å²) in [6, 6.07) is 7.89. The summed E-state index contributed by atoms with van der Waals surface area (Å²) in [6.45, 7) is 6.05. The van der Waals surface area contributed by atoms with Gasteiger partial charge >= 0.3 is 11.9 Å². The third-order valence-corrected chi connectivity index (χ3v) is 4.97. The number of nitrogens with one attached hydrogen (secondary N) is 1. The van der Waals surface area contributed by atoms with Gasteiger partial charge in [0.2, 0.25) is 5.91 Å². The molecule has 7 heteroatoms. The highest BCUT2D eigenvalue weighted by Gasteiger charge is 2.24. The van der Waals surface area contributed by atoms with Crippen LogP contribution in [0.25, 0.3) is 11.1 Å². The quantitative estimate of drug-likeness (QED) is 0.572. The molecule has 0 aliphatic carbocycles. The molecule has 0 aliphatic rings. The van der Waals surface area contributed by atoms with E-state index in [-0.39, 0.29) is 5.56 Å². The number of anilines is 1. The Kier molecular flexibility index (Phi) is 6.52. The van der Waals surface area contributed by atoms with Gasteiger partial charge in [-0.2, -0.15) is 0 Å². The molecule has 1 heterocycles. The van der Waals surface area contributed by atoms with Crippen LogP contribution in [-0.4, -0.2) is 30.1 Å². The van der Waals surface area contributed by atoms with Crippen molar-refractivity contribution in [3.63, 3.8) is 0 Å².